The Bertz CT molecular complexity index is 1520. The van der Waals surface area contributed by atoms with E-state index < -0.39 is 11.9 Å². The SMILES string of the molecule is Cc1cccc(NC(=O)Cn2cc(/C=C3/NC(=O)N(Cc4ccc(F)cc4)C3=O)c3ccccc32)c1. The van der Waals surface area contributed by atoms with E-state index in [1.165, 1.54) is 24.3 Å². The number of amides is 4. The van der Waals surface area contributed by atoms with E-state index in [0.29, 0.717) is 11.1 Å². The molecule has 1 fully saturated rings. The lowest BCUT2D eigenvalue weighted by Gasteiger charge is -2.11. The number of fused-ring (bicyclic) bond motifs is 1. The van der Waals surface area contributed by atoms with Crippen LogP contribution in [-0.4, -0.2) is 27.3 Å². The van der Waals surface area contributed by atoms with E-state index in [1.54, 1.807) is 12.3 Å². The Hall–Kier alpha value is -4.72. The summed E-state index contributed by atoms with van der Waals surface area (Å²) in [5, 5.41) is 6.37. The van der Waals surface area contributed by atoms with Crippen molar-refractivity contribution >= 4 is 40.5 Å². The maximum Gasteiger partial charge on any atom is 0.329 e. The molecule has 3 aromatic carbocycles. The van der Waals surface area contributed by atoms with Crippen LogP contribution in [-0.2, 0) is 22.7 Å². The first-order valence-electron chi connectivity index (χ1n) is 11.4. The summed E-state index contributed by atoms with van der Waals surface area (Å²) in [7, 11) is 0. The van der Waals surface area contributed by atoms with Crippen LogP contribution in [0.5, 0.6) is 0 Å². The van der Waals surface area contributed by atoms with Gasteiger partial charge in [0.2, 0.25) is 5.91 Å². The van der Waals surface area contributed by atoms with Crippen LogP contribution in [0.4, 0.5) is 14.9 Å². The van der Waals surface area contributed by atoms with Gasteiger partial charge in [0.1, 0.15) is 18.1 Å². The van der Waals surface area contributed by atoms with E-state index in [-0.39, 0.29) is 30.5 Å². The molecule has 0 aliphatic carbocycles. The third kappa shape index (κ3) is 4.74. The minimum atomic E-state index is -0.545. The Kier molecular flexibility index (Phi) is 6.08. The van der Waals surface area contributed by atoms with Gasteiger partial charge in [0, 0.05) is 28.4 Å². The number of hydrogen-bond donors (Lipinski definition) is 2. The molecule has 36 heavy (non-hydrogen) atoms. The number of hydrogen-bond acceptors (Lipinski definition) is 3. The number of urea groups is 1. The molecule has 0 spiro atoms. The zero-order valence-electron chi connectivity index (χ0n) is 19.5. The maximum absolute atomic E-state index is 13.2. The maximum atomic E-state index is 13.2. The van der Waals surface area contributed by atoms with E-state index in [9.17, 15) is 18.8 Å². The van der Waals surface area contributed by atoms with Gasteiger partial charge in [-0.05, 0) is 54.5 Å². The molecule has 0 atom stereocenters. The largest absolute Gasteiger partial charge is 0.337 e. The van der Waals surface area contributed by atoms with Crippen molar-refractivity contribution in [2.45, 2.75) is 20.0 Å². The highest BCUT2D eigenvalue weighted by atomic mass is 19.1. The Labute approximate surface area is 206 Å². The lowest BCUT2D eigenvalue weighted by molar-refractivity contribution is -0.123. The van der Waals surface area contributed by atoms with Gasteiger partial charge < -0.3 is 15.2 Å². The molecule has 1 saturated heterocycles. The molecule has 0 saturated carbocycles. The smallest absolute Gasteiger partial charge is 0.329 e. The predicted octanol–water partition coefficient (Wildman–Crippen LogP) is 4.82. The van der Waals surface area contributed by atoms with Gasteiger partial charge in [0.05, 0.1) is 6.54 Å². The first-order chi connectivity index (χ1) is 17.4. The minimum absolute atomic E-state index is 0.0309. The second-order valence-corrected chi connectivity index (χ2v) is 8.65. The highest BCUT2D eigenvalue weighted by Gasteiger charge is 2.33. The van der Waals surface area contributed by atoms with Crippen molar-refractivity contribution in [2.75, 3.05) is 5.32 Å². The number of nitrogens with one attached hydrogen (secondary N) is 2. The molecule has 1 aliphatic rings. The molecule has 0 radical (unpaired) electrons. The van der Waals surface area contributed by atoms with Gasteiger partial charge in [-0.25, -0.2) is 9.18 Å². The zero-order valence-corrected chi connectivity index (χ0v) is 19.5. The van der Waals surface area contributed by atoms with Crippen LogP contribution in [0.3, 0.4) is 0 Å². The Morgan fingerprint density at radius 1 is 1.03 bits per heavy atom. The standard InChI is InChI=1S/C28H23FN4O3/c1-18-5-4-6-22(13-18)30-26(34)17-32-16-20(23-7-2-3-8-25(23)32)14-24-27(35)33(28(36)31-24)15-19-9-11-21(29)12-10-19/h2-14,16H,15,17H2,1H3,(H,30,34)(H,31,36)/b24-14+. The van der Waals surface area contributed by atoms with Crippen molar-refractivity contribution in [3.8, 4) is 0 Å². The van der Waals surface area contributed by atoms with Gasteiger partial charge in [-0.2, -0.15) is 0 Å². The number of aryl methyl sites for hydroxylation is 1. The third-order valence-electron chi connectivity index (χ3n) is 5.95. The van der Waals surface area contributed by atoms with E-state index >= 15 is 0 Å². The van der Waals surface area contributed by atoms with Crippen molar-refractivity contribution in [1.82, 2.24) is 14.8 Å². The topological polar surface area (TPSA) is 83.4 Å². The fourth-order valence-corrected chi connectivity index (χ4v) is 4.24. The van der Waals surface area contributed by atoms with Crippen LogP contribution in [0, 0.1) is 12.7 Å². The van der Waals surface area contributed by atoms with Gasteiger partial charge in [0.25, 0.3) is 5.91 Å². The van der Waals surface area contributed by atoms with Crippen LogP contribution in [0.15, 0.2) is 84.7 Å². The van der Waals surface area contributed by atoms with Gasteiger partial charge in [-0.3, -0.25) is 14.5 Å². The predicted molar refractivity (Wildman–Crippen MR) is 135 cm³/mol. The molecule has 2 N–H and O–H groups in total. The highest BCUT2D eigenvalue weighted by molar-refractivity contribution is 6.14. The Morgan fingerprint density at radius 2 is 1.81 bits per heavy atom. The summed E-state index contributed by atoms with van der Waals surface area (Å²) in [6.45, 7) is 2.07. The van der Waals surface area contributed by atoms with Crippen molar-refractivity contribution in [3.63, 3.8) is 0 Å². The average Bonchev–Trinajstić information content (AvgIpc) is 3.32. The summed E-state index contributed by atoms with van der Waals surface area (Å²) in [5.41, 5.74) is 4.06. The lowest BCUT2D eigenvalue weighted by Crippen LogP contribution is -2.30. The number of carbonyl (C=O) groups excluding carboxylic acids is 3. The fourth-order valence-electron chi connectivity index (χ4n) is 4.24. The first kappa shape index (κ1) is 23.0. The van der Waals surface area contributed by atoms with E-state index in [4.69, 9.17) is 0 Å². The molecule has 0 unspecified atom stereocenters. The number of aromatic nitrogens is 1. The normalized spacial score (nSPS) is 14.5. The quantitative estimate of drug-likeness (QED) is 0.305. The fraction of sp³-hybridized carbons (Fsp3) is 0.107. The van der Waals surface area contributed by atoms with Crippen LogP contribution in [0.2, 0.25) is 0 Å². The second-order valence-electron chi connectivity index (χ2n) is 8.65. The highest BCUT2D eigenvalue weighted by Crippen LogP contribution is 2.25. The number of carbonyl (C=O) groups is 3. The first-order valence-corrected chi connectivity index (χ1v) is 11.4. The number of para-hydroxylation sites is 1. The molecule has 8 heteroatoms. The minimum Gasteiger partial charge on any atom is -0.337 e. The van der Waals surface area contributed by atoms with Crippen molar-refractivity contribution < 1.29 is 18.8 Å². The van der Waals surface area contributed by atoms with Gasteiger partial charge >= 0.3 is 6.03 Å². The summed E-state index contributed by atoms with van der Waals surface area (Å²) >= 11 is 0. The van der Waals surface area contributed by atoms with Crippen molar-refractivity contribution in [1.29, 1.82) is 0 Å². The average molecular weight is 483 g/mol. The molecule has 4 aromatic rings. The Balaban J connectivity index is 1.39. The lowest BCUT2D eigenvalue weighted by atomic mass is 10.1. The number of nitrogens with zero attached hydrogens (tertiary/aromatic N) is 2. The molecular formula is C28H23FN4O3. The molecule has 7 nitrogen and oxygen atoms in total. The molecule has 0 bridgehead atoms. The molecule has 1 aliphatic heterocycles. The van der Waals surface area contributed by atoms with Crippen molar-refractivity contribution in [3.05, 3.63) is 107 Å². The summed E-state index contributed by atoms with van der Waals surface area (Å²) in [6.07, 6.45) is 3.40. The van der Waals surface area contributed by atoms with E-state index in [2.05, 4.69) is 10.6 Å². The molecule has 5 rings (SSSR count). The van der Waals surface area contributed by atoms with Crippen LogP contribution < -0.4 is 10.6 Å². The summed E-state index contributed by atoms with van der Waals surface area (Å²) in [4.78, 5) is 39.3. The van der Waals surface area contributed by atoms with Crippen molar-refractivity contribution in [2.24, 2.45) is 0 Å². The summed E-state index contributed by atoms with van der Waals surface area (Å²) in [5.74, 6) is -1.05. The number of anilines is 1. The van der Waals surface area contributed by atoms with Crippen LogP contribution in [0.1, 0.15) is 16.7 Å². The van der Waals surface area contributed by atoms with Crippen LogP contribution in [0.25, 0.3) is 17.0 Å². The molecule has 4 amide bonds. The number of imide groups is 1. The van der Waals surface area contributed by atoms with Gasteiger partial charge in [-0.1, -0.05) is 42.5 Å². The van der Waals surface area contributed by atoms with E-state index in [0.717, 1.165) is 27.1 Å². The summed E-state index contributed by atoms with van der Waals surface area (Å²) in [6, 6.07) is 20.2. The molecule has 2 heterocycles. The number of benzene rings is 3. The molecule has 180 valence electrons. The third-order valence-corrected chi connectivity index (χ3v) is 5.95. The van der Waals surface area contributed by atoms with E-state index in [1.807, 2.05) is 60.0 Å². The Morgan fingerprint density at radius 3 is 2.58 bits per heavy atom. The summed E-state index contributed by atoms with van der Waals surface area (Å²) < 4.78 is 15.0. The zero-order chi connectivity index (χ0) is 25.2. The molecular weight excluding hydrogens is 459 g/mol. The number of halogens is 1. The molecule has 1 aromatic heterocycles. The van der Waals surface area contributed by atoms with Crippen LogP contribution >= 0.6 is 0 Å². The number of rotatable bonds is 6. The van der Waals surface area contributed by atoms with Gasteiger partial charge in [0.15, 0.2) is 0 Å². The monoisotopic (exact) mass is 482 g/mol. The van der Waals surface area contributed by atoms with Gasteiger partial charge in [-0.15, -0.1) is 0 Å². The second kappa shape index (κ2) is 9.50.